The molecule has 1 aromatic rings. The summed E-state index contributed by atoms with van der Waals surface area (Å²) in [6, 6.07) is 5.75. The molecule has 0 saturated carbocycles. The van der Waals surface area contributed by atoms with Crippen molar-refractivity contribution in [3.8, 4) is 17.6 Å². The van der Waals surface area contributed by atoms with E-state index in [-0.39, 0.29) is 12.8 Å². The van der Waals surface area contributed by atoms with Crippen molar-refractivity contribution in [1.82, 2.24) is 9.80 Å². The molecule has 0 aromatic heterocycles. The molecule has 6 heteroatoms. The Balaban J connectivity index is 1.87. The molecule has 1 fully saturated rings. The highest BCUT2D eigenvalue weighted by Crippen LogP contribution is 2.41. The first-order chi connectivity index (χ1) is 9.69. The number of piperazine rings is 1. The maximum atomic E-state index is 9.52. The summed E-state index contributed by atoms with van der Waals surface area (Å²) >= 11 is 6.20. The Labute approximate surface area is 123 Å². The molecule has 2 aliphatic heterocycles. The molecule has 3 rings (SSSR count). The average molecular weight is 294 g/mol. The van der Waals surface area contributed by atoms with E-state index in [0.717, 1.165) is 31.7 Å². The van der Waals surface area contributed by atoms with Crippen LogP contribution in [0.25, 0.3) is 0 Å². The number of rotatable bonds is 2. The molecule has 0 radical (unpaired) electrons. The molecule has 1 atom stereocenters. The lowest BCUT2D eigenvalue weighted by molar-refractivity contribution is 0.132. The summed E-state index contributed by atoms with van der Waals surface area (Å²) in [5.74, 6) is 1.20. The minimum Gasteiger partial charge on any atom is -0.454 e. The molecular weight excluding hydrogens is 278 g/mol. The smallest absolute Gasteiger partial charge is 0.231 e. The second-order valence-corrected chi connectivity index (χ2v) is 5.51. The van der Waals surface area contributed by atoms with Crippen LogP contribution in [0.5, 0.6) is 11.5 Å². The molecule has 0 bridgehead atoms. The van der Waals surface area contributed by atoms with Crippen molar-refractivity contribution >= 4 is 11.6 Å². The van der Waals surface area contributed by atoms with Crippen LogP contribution in [-0.4, -0.2) is 49.8 Å². The molecule has 5 nitrogen and oxygen atoms in total. The van der Waals surface area contributed by atoms with Crippen LogP contribution in [0.1, 0.15) is 11.6 Å². The van der Waals surface area contributed by atoms with Gasteiger partial charge in [0.15, 0.2) is 11.5 Å². The van der Waals surface area contributed by atoms with Crippen LogP contribution in [-0.2, 0) is 0 Å². The number of ether oxygens (including phenoxy) is 2. The number of hydrogen-bond acceptors (Lipinski definition) is 5. The number of hydrogen-bond donors (Lipinski definition) is 0. The monoisotopic (exact) mass is 293 g/mol. The maximum Gasteiger partial charge on any atom is 0.231 e. The lowest BCUT2D eigenvalue weighted by atomic mass is 10.0. The minimum absolute atomic E-state index is 0.185. The largest absolute Gasteiger partial charge is 0.454 e. The standard InChI is InChI=1S/C14H16ClN3O2/c1-17-2-4-18(5-3-17)12(8-16)10-6-11(15)14-13(7-10)19-9-20-14/h6-7,12H,2-5,9H2,1H3. The maximum absolute atomic E-state index is 9.52. The van der Waals surface area contributed by atoms with E-state index in [9.17, 15) is 5.26 Å². The fourth-order valence-corrected chi connectivity index (χ4v) is 2.87. The van der Waals surface area contributed by atoms with Gasteiger partial charge in [-0.1, -0.05) is 11.6 Å². The van der Waals surface area contributed by atoms with Gasteiger partial charge in [-0.15, -0.1) is 0 Å². The molecule has 1 unspecified atom stereocenters. The molecule has 1 saturated heterocycles. The van der Waals surface area contributed by atoms with Gasteiger partial charge < -0.3 is 14.4 Å². The third kappa shape index (κ3) is 2.42. The van der Waals surface area contributed by atoms with E-state index in [2.05, 4.69) is 22.9 Å². The van der Waals surface area contributed by atoms with Crippen molar-refractivity contribution < 1.29 is 9.47 Å². The molecule has 0 spiro atoms. The molecular formula is C14H16ClN3O2. The van der Waals surface area contributed by atoms with Gasteiger partial charge in [0, 0.05) is 26.2 Å². The highest BCUT2D eigenvalue weighted by Gasteiger charge is 2.27. The summed E-state index contributed by atoms with van der Waals surface area (Å²) in [5.41, 5.74) is 0.867. The third-order valence-electron chi connectivity index (χ3n) is 3.79. The Morgan fingerprint density at radius 1 is 1.25 bits per heavy atom. The van der Waals surface area contributed by atoms with Crippen molar-refractivity contribution in [2.45, 2.75) is 6.04 Å². The third-order valence-corrected chi connectivity index (χ3v) is 4.07. The zero-order chi connectivity index (χ0) is 14.1. The number of fused-ring (bicyclic) bond motifs is 1. The highest BCUT2D eigenvalue weighted by atomic mass is 35.5. The number of nitrogens with zero attached hydrogens (tertiary/aromatic N) is 3. The Kier molecular flexibility index (Phi) is 3.70. The molecule has 2 heterocycles. The first-order valence-corrected chi connectivity index (χ1v) is 6.98. The lowest BCUT2D eigenvalue weighted by Crippen LogP contribution is -2.45. The van der Waals surface area contributed by atoms with Crippen LogP contribution < -0.4 is 9.47 Å². The summed E-state index contributed by atoms with van der Waals surface area (Å²) < 4.78 is 10.7. The van der Waals surface area contributed by atoms with Crippen LogP contribution in [0.15, 0.2) is 12.1 Å². The molecule has 0 aliphatic carbocycles. The van der Waals surface area contributed by atoms with E-state index in [0.29, 0.717) is 16.5 Å². The van der Waals surface area contributed by atoms with Crippen molar-refractivity contribution in [3.63, 3.8) is 0 Å². The predicted octanol–water partition coefficient (Wildman–Crippen LogP) is 1.88. The lowest BCUT2D eigenvalue weighted by Gasteiger charge is -2.35. The molecule has 20 heavy (non-hydrogen) atoms. The zero-order valence-electron chi connectivity index (χ0n) is 11.3. The van der Waals surface area contributed by atoms with Gasteiger partial charge in [0.1, 0.15) is 6.04 Å². The van der Waals surface area contributed by atoms with Crippen LogP contribution >= 0.6 is 11.6 Å². The summed E-state index contributed by atoms with van der Waals surface area (Å²) in [4.78, 5) is 4.44. The number of likely N-dealkylation sites (N-methyl/N-ethyl adjacent to an activating group) is 1. The predicted molar refractivity (Wildman–Crippen MR) is 75.0 cm³/mol. The molecule has 2 aliphatic rings. The Hall–Kier alpha value is -1.48. The molecule has 1 aromatic carbocycles. The van der Waals surface area contributed by atoms with Gasteiger partial charge in [-0.05, 0) is 24.7 Å². The summed E-state index contributed by atoms with van der Waals surface area (Å²) in [6.45, 7) is 3.87. The van der Waals surface area contributed by atoms with Gasteiger partial charge in [0.2, 0.25) is 6.79 Å². The fourth-order valence-electron chi connectivity index (χ4n) is 2.59. The zero-order valence-corrected chi connectivity index (χ0v) is 12.1. The molecule has 106 valence electrons. The van der Waals surface area contributed by atoms with Crippen molar-refractivity contribution in [2.75, 3.05) is 40.0 Å². The van der Waals surface area contributed by atoms with E-state index >= 15 is 0 Å². The molecule has 0 N–H and O–H groups in total. The first-order valence-electron chi connectivity index (χ1n) is 6.60. The van der Waals surface area contributed by atoms with Crippen LogP contribution in [0.2, 0.25) is 5.02 Å². The Morgan fingerprint density at radius 3 is 2.70 bits per heavy atom. The Morgan fingerprint density at radius 2 is 2.00 bits per heavy atom. The van der Waals surface area contributed by atoms with Crippen molar-refractivity contribution in [1.29, 1.82) is 5.26 Å². The highest BCUT2D eigenvalue weighted by molar-refractivity contribution is 6.32. The van der Waals surface area contributed by atoms with E-state index in [1.54, 1.807) is 6.07 Å². The van der Waals surface area contributed by atoms with Gasteiger partial charge in [-0.25, -0.2) is 0 Å². The summed E-state index contributed by atoms with van der Waals surface area (Å²) in [7, 11) is 2.09. The van der Waals surface area contributed by atoms with E-state index in [1.807, 2.05) is 6.07 Å². The second kappa shape index (κ2) is 5.49. The van der Waals surface area contributed by atoms with E-state index < -0.39 is 0 Å². The van der Waals surface area contributed by atoms with Crippen LogP contribution in [0.3, 0.4) is 0 Å². The molecule has 0 amide bonds. The average Bonchev–Trinajstić information content (AvgIpc) is 2.91. The van der Waals surface area contributed by atoms with Crippen LogP contribution in [0.4, 0.5) is 0 Å². The summed E-state index contributed by atoms with van der Waals surface area (Å²) in [6.07, 6.45) is 0. The van der Waals surface area contributed by atoms with Gasteiger partial charge in [0.05, 0.1) is 11.1 Å². The normalized spacial score (nSPS) is 20.6. The van der Waals surface area contributed by atoms with Gasteiger partial charge >= 0.3 is 0 Å². The van der Waals surface area contributed by atoms with Gasteiger partial charge in [0.25, 0.3) is 0 Å². The second-order valence-electron chi connectivity index (χ2n) is 5.11. The summed E-state index contributed by atoms with van der Waals surface area (Å²) in [5, 5.41) is 10.0. The Bertz CT molecular complexity index is 550. The van der Waals surface area contributed by atoms with Gasteiger partial charge in [-0.3, -0.25) is 4.90 Å². The number of nitriles is 1. The number of halogens is 1. The van der Waals surface area contributed by atoms with Gasteiger partial charge in [-0.2, -0.15) is 5.26 Å². The van der Waals surface area contributed by atoms with Crippen LogP contribution in [0, 0.1) is 11.3 Å². The van der Waals surface area contributed by atoms with E-state index in [4.69, 9.17) is 21.1 Å². The van der Waals surface area contributed by atoms with Crippen molar-refractivity contribution in [3.05, 3.63) is 22.7 Å². The minimum atomic E-state index is -0.296. The topological polar surface area (TPSA) is 48.7 Å². The quantitative estimate of drug-likeness (QED) is 0.833. The van der Waals surface area contributed by atoms with Crippen molar-refractivity contribution in [2.24, 2.45) is 0 Å². The number of benzene rings is 1. The first kappa shape index (κ1) is 13.5. The SMILES string of the molecule is CN1CCN(C(C#N)c2cc(Cl)c3c(c2)OCO3)CC1. The fraction of sp³-hybridized carbons (Fsp3) is 0.500. The van der Waals surface area contributed by atoms with E-state index in [1.165, 1.54) is 0 Å².